The molecule has 2 heterocycles. The lowest BCUT2D eigenvalue weighted by molar-refractivity contribution is 0.0920. The number of aryl methyl sites for hydroxylation is 1. The third-order valence-electron chi connectivity index (χ3n) is 4.89. The molecule has 0 unspecified atom stereocenters. The molecular weight excluding hydrogens is 292 g/mol. The van der Waals surface area contributed by atoms with Crippen molar-refractivity contribution in [3.63, 3.8) is 0 Å². The Morgan fingerprint density at radius 1 is 1.43 bits per heavy atom. The lowest BCUT2D eigenvalue weighted by Crippen LogP contribution is -2.33. The molecule has 1 aliphatic heterocycles. The largest absolute Gasteiger partial charge is 0.374 e. The highest BCUT2D eigenvalue weighted by molar-refractivity contribution is 6.04. The zero-order chi connectivity index (χ0) is 16.6. The Bertz CT molecular complexity index is 659. The van der Waals surface area contributed by atoms with Crippen LogP contribution in [0.3, 0.4) is 0 Å². The van der Waals surface area contributed by atoms with Crippen molar-refractivity contribution < 1.29 is 14.3 Å². The summed E-state index contributed by atoms with van der Waals surface area (Å²) in [5.74, 6) is 0.269. The number of ketones is 1. The van der Waals surface area contributed by atoms with Crippen molar-refractivity contribution in [2.24, 2.45) is 5.92 Å². The van der Waals surface area contributed by atoms with Crippen molar-refractivity contribution >= 4 is 11.7 Å². The molecule has 1 aliphatic carbocycles. The van der Waals surface area contributed by atoms with Crippen LogP contribution in [0.1, 0.15) is 58.3 Å². The maximum atomic E-state index is 12.5. The zero-order valence-corrected chi connectivity index (χ0v) is 13.8. The van der Waals surface area contributed by atoms with Crippen LogP contribution in [0.25, 0.3) is 0 Å². The van der Waals surface area contributed by atoms with E-state index < -0.39 is 0 Å². The molecule has 0 saturated carbocycles. The average molecular weight is 316 g/mol. The smallest absolute Gasteiger partial charge is 0.268 e. The lowest BCUT2D eigenvalue weighted by atomic mass is 9.93. The van der Waals surface area contributed by atoms with E-state index in [-0.39, 0.29) is 23.7 Å². The summed E-state index contributed by atoms with van der Waals surface area (Å²) < 4.78 is 5.67. The number of nitrogens with one attached hydrogen (secondary N) is 2. The van der Waals surface area contributed by atoms with E-state index in [0.717, 1.165) is 41.7 Å². The van der Waals surface area contributed by atoms with Crippen LogP contribution in [0.2, 0.25) is 0 Å². The second-order valence-electron chi connectivity index (χ2n) is 6.65. The molecule has 5 heteroatoms. The Labute approximate surface area is 136 Å². The monoisotopic (exact) mass is 316 g/mol. The molecule has 124 valence electrons. The van der Waals surface area contributed by atoms with Gasteiger partial charge in [-0.15, -0.1) is 0 Å². The number of hydrogen-bond donors (Lipinski definition) is 2. The fourth-order valence-electron chi connectivity index (χ4n) is 3.70. The first-order valence-electron chi connectivity index (χ1n) is 8.29. The molecule has 1 saturated heterocycles. The molecule has 0 aromatic carbocycles. The standard InChI is InChI=1S/C18H24N2O3/c1-10(2)17-12(7-8-23-17)9-19-18(22)16-11(3)15-13(20-16)5-4-6-14(15)21/h12,17,20H,1,4-9H2,2-3H3,(H,19,22)/t12-,17-/m1/s1. The summed E-state index contributed by atoms with van der Waals surface area (Å²) >= 11 is 0. The van der Waals surface area contributed by atoms with Gasteiger partial charge in [-0.1, -0.05) is 12.2 Å². The van der Waals surface area contributed by atoms with E-state index in [9.17, 15) is 9.59 Å². The molecule has 1 aromatic rings. The van der Waals surface area contributed by atoms with Gasteiger partial charge in [0.05, 0.1) is 6.10 Å². The van der Waals surface area contributed by atoms with Gasteiger partial charge in [-0.25, -0.2) is 0 Å². The molecule has 5 nitrogen and oxygen atoms in total. The summed E-state index contributed by atoms with van der Waals surface area (Å²) in [5, 5.41) is 2.99. The van der Waals surface area contributed by atoms with Crippen molar-refractivity contribution in [3.8, 4) is 0 Å². The minimum Gasteiger partial charge on any atom is -0.374 e. The van der Waals surface area contributed by atoms with Crippen LogP contribution in [0.4, 0.5) is 0 Å². The average Bonchev–Trinajstić information content (AvgIpc) is 3.10. The predicted molar refractivity (Wildman–Crippen MR) is 87.8 cm³/mol. The summed E-state index contributed by atoms with van der Waals surface area (Å²) in [7, 11) is 0. The highest BCUT2D eigenvalue weighted by atomic mass is 16.5. The maximum Gasteiger partial charge on any atom is 0.268 e. The molecular formula is C18H24N2O3. The fraction of sp³-hybridized carbons (Fsp3) is 0.556. The van der Waals surface area contributed by atoms with Gasteiger partial charge in [0, 0.05) is 36.7 Å². The Balaban J connectivity index is 1.70. The van der Waals surface area contributed by atoms with Crippen molar-refractivity contribution in [2.75, 3.05) is 13.2 Å². The summed E-state index contributed by atoms with van der Waals surface area (Å²) in [6.45, 7) is 9.04. The molecule has 2 N–H and O–H groups in total. The van der Waals surface area contributed by atoms with Gasteiger partial charge in [0.15, 0.2) is 5.78 Å². The van der Waals surface area contributed by atoms with E-state index in [4.69, 9.17) is 4.74 Å². The second-order valence-corrected chi connectivity index (χ2v) is 6.65. The first kappa shape index (κ1) is 16.0. The first-order valence-corrected chi connectivity index (χ1v) is 8.29. The normalized spacial score (nSPS) is 23.7. The maximum absolute atomic E-state index is 12.5. The molecule has 23 heavy (non-hydrogen) atoms. The quantitative estimate of drug-likeness (QED) is 0.839. The Kier molecular flexibility index (Phi) is 4.39. The second kappa shape index (κ2) is 6.32. The van der Waals surface area contributed by atoms with E-state index in [1.807, 2.05) is 13.8 Å². The number of amides is 1. The number of carbonyl (C=O) groups excluding carboxylic acids is 2. The number of aromatic amines is 1. The van der Waals surface area contributed by atoms with Crippen LogP contribution in [-0.4, -0.2) is 35.9 Å². The summed E-state index contributed by atoms with van der Waals surface area (Å²) in [4.78, 5) is 27.7. The fourth-order valence-corrected chi connectivity index (χ4v) is 3.70. The minimum atomic E-state index is -0.142. The van der Waals surface area contributed by atoms with Crippen LogP contribution < -0.4 is 5.32 Å². The molecule has 1 aromatic heterocycles. The van der Waals surface area contributed by atoms with E-state index in [2.05, 4.69) is 16.9 Å². The van der Waals surface area contributed by atoms with Crippen molar-refractivity contribution in [3.05, 3.63) is 34.7 Å². The third-order valence-corrected chi connectivity index (χ3v) is 4.89. The molecule has 1 fully saturated rings. The van der Waals surface area contributed by atoms with E-state index >= 15 is 0 Å². The van der Waals surface area contributed by atoms with E-state index in [1.54, 1.807) is 0 Å². The Morgan fingerprint density at radius 3 is 2.91 bits per heavy atom. The van der Waals surface area contributed by atoms with Crippen molar-refractivity contribution in [2.45, 2.75) is 45.6 Å². The summed E-state index contributed by atoms with van der Waals surface area (Å²) in [6, 6.07) is 0. The van der Waals surface area contributed by atoms with Crippen LogP contribution in [0.15, 0.2) is 12.2 Å². The van der Waals surface area contributed by atoms with Crippen LogP contribution in [0.5, 0.6) is 0 Å². The van der Waals surface area contributed by atoms with Gasteiger partial charge in [0.1, 0.15) is 5.69 Å². The van der Waals surface area contributed by atoms with Crippen molar-refractivity contribution in [1.82, 2.24) is 10.3 Å². The zero-order valence-electron chi connectivity index (χ0n) is 13.8. The van der Waals surface area contributed by atoms with Gasteiger partial charge in [0.2, 0.25) is 0 Å². The number of ether oxygens (including phenoxy) is 1. The lowest BCUT2D eigenvalue weighted by Gasteiger charge is -2.18. The van der Waals surface area contributed by atoms with Gasteiger partial charge in [-0.05, 0) is 38.7 Å². The number of fused-ring (bicyclic) bond motifs is 1. The number of H-pyrrole nitrogens is 1. The van der Waals surface area contributed by atoms with Gasteiger partial charge in [0.25, 0.3) is 5.91 Å². The molecule has 0 bridgehead atoms. The predicted octanol–water partition coefficient (Wildman–Crippen LogP) is 2.55. The molecule has 2 aliphatic rings. The number of hydrogen-bond acceptors (Lipinski definition) is 3. The number of Topliss-reactive ketones (excluding diaryl/α,β-unsaturated/α-hetero) is 1. The van der Waals surface area contributed by atoms with Gasteiger partial charge >= 0.3 is 0 Å². The number of carbonyl (C=O) groups is 2. The first-order chi connectivity index (χ1) is 11.0. The summed E-state index contributed by atoms with van der Waals surface area (Å²) in [6.07, 6.45) is 3.22. The van der Waals surface area contributed by atoms with Gasteiger partial charge in [-0.2, -0.15) is 0 Å². The number of aromatic nitrogens is 1. The van der Waals surface area contributed by atoms with Crippen LogP contribution in [-0.2, 0) is 11.2 Å². The van der Waals surface area contributed by atoms with E-state index in [1.165, 1.54) is 0 Å². The van der Waals surface area contributed by atoms with Crippen LogP contribution >= 0.6 is 0 Å². The topological polar surface area (TPSA) is 71.2 Å². The van der Waals surface area contributed by atoms with Crippen molar-refractivity contribution in [1.29, 1.82) is 0 Å². The third kappa shape index (κ3) is 2.98. The van der Waals surface area contributed by atoms with Gasteiger partial charge < -0.3 is 15.0 Å². The Hall–Kier alpha value is -1.88. The highest BCUT2D eigenvalue weighted by Crippen LogP contribution is 2.27. The molecule has 0 radical (unpaired) electrons. The Morgan fingerprint density at radius 2 is 2.22 bits per heavy atom. The highest BCUT2D eigenvalue weighted by Gasteiger charge is 2.30. The number of rotatable bonds is 4. The van der Waals surface area contributed by atoms with Gasteiger partial charge in [-0.3, -0.25) is 9.59 Å². The molecule has 0 spiro atoms. The molecule has 3 rings (SSSR count). The summed E-state index contributed by atoms with van der Waals surface area (Å²) in [5.41, 5.74) is 3.94. The van der Waals surface area contributed by atoms with E-state index in [0.29, 0.717) is 25.3 Å². The molecule has 2 atom stereocenters. The molecule has 1 amide bonds. The van der Waals surface area contributed by atoms with Crippen LogP contribution in [0, 0.1) is 12.8 Å². The minimum absolute atomic E-state index is 0.0230. The SMILES string of the molecule is C=C(C)[C@H]1OCC[C@@H]1CNC(=O)c1[nH]c2c(c1C)C(=O)CCC2.